The van der Waals surface area contributed by atoms with Gasteiger partial charge in [0.15, 0.2) is 4.90 Å². The topological polar surface area (TPSA) is 20.2 Å². The molecule has 0 saturated heterocycles. The molecule has 2 unspecified atom stereocenters. The van der Waals surface area contributed by atoms with Crippen LogP contribution >= 0.6 is 0 Å². The summed E-state index contributed by atoms with van der Waals surface area (Å²) in [6.07, 6.45) is 1.81. The van der Waals surface area contributed by atoms with Crippen LogP contribution in [0.2, 0.25) is 0 Å². The highest BCUT2D eigenvalue weighted by atomic mass is 32.2. The monoisotopic (exact) mass is 245 g/mol. The van der Waals surface area contributed by atoms with Crippen molar-refractivity contribution in [1.29, 1.82) is 0 Å². The Bertz CT molecular complexity index is 397. The average molecular weight is 245 g/mol. The van der Waals surface area contributed by atoms with Crippen molar-refractivity contribution in [2.75, 3.05) is 12.0 Å². The number of benzene rings is 2. The largest absolute Gasteiger partial charge is 0.383 e. The number of rotatable bonds is 4. The molecule has 0 radical (unpaired) electrons. The zero-order valence-corrected chi connectivity index (χ0v) is 10.7. The minimum Gasteiger partial charge on any atom is -0.383 e. The zero-order valence-electron chi connectivity index (χ0n) is 9.91. The number of aliphatic hydroxyl groups is 1. The standard InChI is InChI=1S/C15H17OS/c1-17(14-10-6-3-7-11-14)12-15(16)13-8-4-2-5-9-13/h2-11,15-16H,12H2,1H3/q+1. The molecular formula is C15H17OS+. The fraction of sp³-hybridized carbons (Fsp3) is 0.200. The van der Waals surface area contributed by atoms with E-state index in [-0.39, 0.29) is 17.0 Å². The molecule has 0 bridgehead atoms. The molecule has 2 aromatic carbocycles. The van der Waals surface area contributed by atoms with Crippen LogP contribution in [0.1, 0.15) is 11.7 Å². The van der Waals surface area contributed by atoms with Gasteiger partial charge in [-0.3, -0.25) is 0 Å². The van der Waals surface area contributed by atoms with E-state index < -0.39 is 0 Å². The molecule has 2 heteroatoms. The molecule has 0 aliphatic heterocycles. The van der Waals surface area contributed by atoms with Crippen molar-refractivity contribution >= 4 is 10.9 Å². The van der Waals surface area contributed by atoms with E-state index in [0.717, 1.165) is 11.3 Å². The highest BCUT2D eigenvalue weighted by Gasteiger charge is 2.21. The first kappa shape index (κ1) is 12.2. The second kappa shape index (κ2) is 5.89. The predicted molar refractivity (Wildman–Crippen MR) is 74.3 cm³/mol. The third-order valence-electron chi connectivity index (χ3n) is 2.74. The molecule has 1 nitrogen and oxygen atoms in total. The van der Waals surface area contributed by atoms with Gasteiger partial charge in [-0.2, -0.15) is 0 Å². The van der Waals surface area contributed by atoms with Crippen LogP contribution in [0.25, 0.3) is 0 Å². The third-order valence-corrected chi connectivity index (χ3v) is 4.63. The van der Waals surface area contributed by atoms with Crippen molar-refractivity contribution in [1.82, 2.24) is 0 Å². The summed E-state index contributed by atoms with van der Waals surface area (Å²) in [6, 6.07) is 20.2. The molecule has 0 heterocycles. The van der Waals surface area contributed by atoms with Crippen molar-refractivity contribution in [2.45, 2.75) is 11.0 Å². The fourth-order valence-electron chi connectivity index (χ4n) is 1.76. The van der Waals surface area contributed by atoms with Crippen molar-refractivity contribution in [3.8, 4) is 0 Å². The maximum Gasteiger partial charge on any atom is 0.154 e. The van der Waals surface area contributed by atoms with E-state index in [2.05, 4.69) is 18.4 Å². The Hall–Kier alpha value is -1.25. The molecule has 1 N–H and O–H groups in total. The summed E-state index contributed by atoms with van der Waals surface area (Å²) in [4.78, 5) is 1.31. The average Bonchev–Trinajstić information content (AvgIpc) is 2.40. The van der Waals surface area contributed by atoms with Crippen molar-refractivity contribution in [3.05, 3.63) is 66.2 Å². The summed E-state index contributed by atoms with van der Waals surface area (Å²) in [6.45, 7) is 0. The summed E-state index contributed by atoms with van der Waals surface area (Å²) in [5.74, 6) is 0.786. The molecule has 0 aliphatic carbocycles. The van der Waals surface area contributed by atoms with Crippen LogP contribution < -0.4 is 0 Å². The lowest BCUT2D eigenvalue weighted by atomic mass is 10.1. The fourth-order valence-corrected chi connectivity index (χ4v) is 3.24. The minimum atomic E-state index is -0.371. The Morgan fingerprint density at radius 3 is 2.06 bits per heavy atom. The summed E-state index contributed by atoms with van der Waals surface area (Å²) >= 11 is 0. The van der Waals surface area contributed by atoms with E-state index in [1.165, 1.54) is 4.90 Å². The Kier molecular flexibility index (Phi) is 4.24. The first-order valence-electron chi connectivity index (χ1n) is 5.68. The molecule has 2 aromatic rings. The molecule has 0 amide bonds. The predicted octanol–water partition coefficient (Wildman–Crippen LogP) is 3.03. The zero-order chi connectivity index (χ0) is 12.1. The minimum absolute atomic E-state index is 0.0860. The third kappa shape index (κ3) is 3.35. The summed E-state index contributed by atoms with van der Waals surface area (Å²) < 4.78 is 0. The van der Waals surface area contributed by atoms with Crippen LogP contribution in [0.15, 0.2) is 65.6 Å². The summed E-state index contributed by atoms with van der Waals surface area (Å²) in [7, 11) is 0.0860. The molecule has 0 fully saturated rings. The Labute approximate surface area is 105 Å². The van der Waals surface area contributed by atoms with Gasteiger partial charge in [-0.25, -0.2) is 0 Å². The number of hydrogen-bond acceptors (Lipinski definition) is 1. The SMILES string of the molecule is C[S+](CC(O)c1ccccc1)c1ccccc1. The quantitative estimate of drug-likeness (QED) is 0.821. The molecule has 88 valence electrons. The van der Waals surface area contributed by atoms with E-state index in [1.807, 2.05) is 48.5 Å². The molecule has 0 aromatic heterocycles. The first-order chi connectivity index (χ1) is 8.27. The molecule has 0 saturated carbocycles. The van der Waals surface area contributed by atoms with Crippen LogP contribution in [0.3, 0.4) is 0 Å². The van der Waals surface area contributed by atoms with Gasteiger partial charge in [0.25, 0.3) is 0 Å². The summed E-state index contributed by atoms with van der Waals surface area (Å²) in [5, 5.41) is 10.2. The van der Waals surface area contributed by atoms with Gasteiger partial charge in [-0.1, -0.05) is 48.5 Å². The number of aliphatic hydroxyl groups excluding tert-OH is 1. The normalized spacial score (nSPS) is 14.2. The Morgan fingerprint density at radius 2 is 1.47 bits per heavy atom. The van der Waals surface area contributed by atoms with E-state index in [9.17, 15) is 5.11 Å². The van der Waals surface area contributed by atoms with E-state index >= 15 is 0 Å². The Balaban J connectivity index is 2.02. The maximum absolute atomic E-state index is 10.2. The van der Waals surface area contributed by atoms with Gasteiger partial charge in [0.2, 0.25) is 0 Å². The number of hydrogen-bond donors (Lipinski definition) is 1. The highest BCUT2D eigenvalue weighted by molar-refractivity contribution is 7.96. The summed E-state index contributed by atoms with van der Waals surface area (Å²) in [5.41, 5.74) is 1.00. The van der Waals surface area contributed by atoms with Crippen LogP contribution in [-0.2, 0) is 10.9 Å². The molecule has 2 atom stereocenters. The smallest absolute Gasteiger partial charge is 0.154 e. The molecular weight excluding hydrogens is 228 g/mol. The molecule has 0 spiro atoms. The maximum atomic E-state index is 10.2. The van der Waals surface area contributed by atoms with Gasteiger partial charge in [0.05, 0.1) is 0 Å². The van der Waals surface area contributed by atoms with Gasteiger partial charge < -0.3 is 5.11 Å². The second-order valence-corrected chi connectivity index (χ2v) is 6.12. The molecule has 0 aliphatic rings. The van der Waals surface area contributed by atoms with E-state index in [4.69, 9.17) is 0 Å². The van der Waals surface area contributed by atoms with Crippen molar-refractivity contribution < 1.29 is 5.11 Å². The van der Waals surface area contributed by atoms with E-state index in [0.29, 0.717) is 0 Å². The lowest BCUT2D eigenvalue weighted by molar-refractivity contribution is 0.203. The van der Waals surface area contributed by atoms with Gasteiger partial charge in [0.1, 0.15) is 18.1 Å². The van der Waals surface area contributed by atoms with Gasteiger partial charge in [-0.05, 0) is 17.7 Å². The van der Waals surface area contributed by atoms with Crippen LogP contribution in [0.5, 0.6) is 0 Å². The van der Waals surface area contributed by atoms with Crippen LogP contribution in [0, 0.1) is 0 Å². The first-order valence-corrected chi connectivity index (χ1v) is 7.48. The lowest BCUT2D eigenvalue weighted by Crippen LogP contribution is -2.13. The van der Waals surface area contributed by atoms with Gasteiger partial charge >= 0.3 is 0 Å². The van der Waals surface area contributed by atoms with Crippen LogP contribution in [-0.4, -0.2) is 17.1 Å². The lowest BCUT2D eigenvalue weighted by Gasteiger charge is -2.10. The van der Waals surface area contributed by atoms with E-state index in [1.54, 1.807) is 0 Å². The van der Waals surface area contributed by atoms with Gasteiger partial charge in [-0.15, -0.1) is 0 Å². The Morgan fingerprint density at radius 1 is 0.941 bits per heavy atom. The molecule has 2 rings (SSSR count). The van der Waals surface area contributed by atoms with Gasteiger partial charge in [0, 0.05) is 10.9 Å². The highest BCUT2D eigenvalue weighted by Crippen LogP contribution is 2.19. The second-order valence-electron chi connectivity index (χ2n) is 4.04. The molecule has 17 heavy (non-hydrogen) atoms. The van der Waals surface area contributed by atoms with Crippen molar-refractivity contribution in [2.24, 2.45) is 0 Å². The van der Waals surface area contributed by atoms with Crippen molar-refractivity contribution in [3.63, 3.8) is 0 Å². The van der Waals surface area contributed by atoms with Crippen LogP contribution in [0.4, 0.5) is 0 Å².